The van der Waals surface area contributed by atoms with Crippen LogP contribution in [0.15, 0.2) is 10.8 Å². The van der Waals surface area contributed by atoms with E-state index in [1.165, 1.54) is 0 Å². The lowest BCUT2D eigenvalue weighted by Gasteiger charge is -1.75. The Morgan fingerprint density at radius 1 is 1.58 bits per heavy atom. The predicted molar refractivity (Wildman–Crippen MR) is 34.4 cm³/mol. The van der Waals surface area contributed by atoms with Gasteiger partial charge in [-0.25, -0.2) is 5.21 Å². The van der Waals surface area contributed by atoms with Gasteiger partial charge >= 0.3 is 0 Å². The molecule has 2 heterocycles. The maximum Gasteiger partial charge on any atom is 0.192 e. The molecule has 12 heavy (non-hydrogen) atoms. The molecule has 0 aliphatic heterocycles. The summed E-state index contributed by atoms with van der Waals surface area (Å²) in [6, 6.07) is 0. The molecular formula is C4HN4O3S. The number of nitrogens with zero attached hydrogens (tertiary/aromatic N) is 4. The van der Waals surface area contributed by atoms with E-state index in [2.05, 4.69) is 20.9 Å². The Morgan fingerprint density at radius 3 is 2.92 bits per heavy atom. The smallest absolute Gasteiger partial charge is 0.192 e. The van der Waals surface area contributed by atoms with Crippen molar-refractivity contribution in [2.75, 3.05) is 0 Å². The average molecular weight is 185 g/mol. The van der Waals surface area contributed by atoms with Crippen molar-refractivity contribution >= 4 is 11.5 Å². The topological polar surface area (TPSA) is 92.8 Å². The van der Waals surface area contributed by atoms with Crippen LogP contribution in [0, 0.1) is 16.6 Å². The average Bonchev–Trinajstić information content (AvgIpc) is 2.58. The van der Waals surface area contributed by atoms with Crippen LogP contribution in [0.1, 0.15) is 0 Å². The van der Waals surface area contributed by atoms with E-state index < -0.39 is 0 Å². The first-order chi connectivity index (χ1) is 5.75. The Labute approximate surface area is 69.7 Å². The van der Waals surface area contributed by atoms with Crippen molar-refractivity contribution in [3.63, 3.8) is 0 Å². The van der Waals surface area contributed by atoms with Gasteiger partial charge in [0.05, 0.1) is 11.4 Å². The molecule has 7 nitrogen and oxygen atoms in total. The highest BCUT2D eigenvalue weighted by atomic mass is 32.1. The van der Waals surface area contributed by atoms with Crippen molar-refractivity contribution in [3.8, 4) is 10.6 Å². The molecule has 0 atom stereocenters. The normalized spacial score (nSPS) is 10.3. The fourth-order valence-corrected chi connectivity index (χ4v) is 1.14. The quantitative estimate of drug-likeness (QED) is 0.413. The van der Waals surface area contributed by atoms with Crippen molar-refractivity contribution in [2.24, 2.45) is 0 Å². The van der Waals surface area contributed by atoms with Gasteiger partial charge in [0.15, 0.2) is 33.3 Å². The Morgan fingerprint density at radius 2 is 2.42 bits per heavy atom. The SMILES string of the molecule is [O-][n+]1nc(-c2[c]n[n+]([O-])s2)co1. The summed E-state index contributed by atoms with van der Waals surface area (Å²) in [6.07, 6.45) is 3.50. The van der Waals surface area contributed by atoms with Crippen LogP contribution in [0.2, 0.25) is 0 Å². The van der Waals surface area contributed by atoms with Crippen LogP contribution in [0.5, 0.6) is 0 Å². The maximum atomic E-state index is 10.5. The molecule has 8 heteroatoms. The van der Waals surface area contributed by atoms with Crippen molar-refractivity contribution in [2.45, 2.75) is 0 Å². The number of hydrogen-bond donors (Lipinski definition) is 0. The minimum absolute atomic E-state index is 0.0397. The zero-order valence-corrected chi connectivity index (χ0v) is 6.32. The number of aromatic nitrogens is 4. The summed E-state index contributed by atoms with van der Waals surface area (Å²) in [5.74, 6) is 0. The van der Waals surface area contributed by atoms with Crippen molar-refractivity contribution in [1.29, 1.82) is 0 Å². The van der Waals surface area contributed by atoms with Gasteiger partial charge in [-0.2, -0.15) is 0 Å². The van der Waals surface area contributed by atoms with Crippen LogP contribution < -0.4 is 9.25 Å². The molecule has 2 aromatic rings. The second-order valence-corrected chi connectivity index (χ2v) is 2.72. The van der Waals surface area contributed by atoms with E-state index in [4.69, 9.17) is 0 Å². The largest absolute Gasteiger partial charge is 0.581 e. The van der Waals surface area contributed by atoms with Gasteiger partial charge in [-0.3, -0.25) is 0 Å². The summed E-state index contributed by atoms with van der Waals surface area (Å²) >= 11 is 0.774. The molecule has 0 spiro atoms. The maximum absolute atomic E-state index is 10.5. The lowest BCUT2D eigenvalue weighted by molar-refractivity contribution is -0.840. The van der Waals surface area contributed by atoms with E-state index >= 15 is 0 Å². The first-order valence-electron chi connectivity index (χ1n) is 2.81. The third-order valence-electron chi connectivity index (χ3n) is 1.08. The Balaban J connectivity index is 2.43. The highest BCUT2D eigenvalue weighted by molar-refractivity contribution is 7.05. The molecule has 0 fully saturated rings. The highest BCUT2D eigenvalue weighted by Gasteiger charge is 2.14. The molecule has 61 valence electrons. The fourth-order valence-electron chi connectivity index (χ4n) is 0.638. The number of hydrogen-bond acceptors (Lipinski definition) is 6. The van der Waals surface area contributed by atoms with E-state index in [1.54, 1.807) is 0 Å². The second-order valence-electron chi connectivity index (χ2n) is 1.82. The standard InChI is InChI=1S/C4HN4O3S/c9-7-6-3(2-11-7)4-1-5-8(10)12-4/h2H. The molecule has 0 N–H and O–H groups in total. The van der Waals surface area contributed by atoms with E-state index in [0.717, 1.165) is 17.8 Å². The molecule has 0 aliphatic carbocycles. The highest BCUT2D eigenvalue weighted by Crippen LogP contribution is 2.15. The molecule has 0 aliphatic rings. The Hall–Kier alpha value is -1.70. The molecule has 0 unspecified atom stereocenters. The van der Waals surface area contributed by atoms with Gasteiger partial charge in [0.1, 0.15) is 0 Å². The van der Waals surface area contributed by atoms with Gasteiger partial charge in [0.25, 0.3) is 0 Å². The molecule has 0 aromatic carbocycles. The van der Waals surface area contributed by atoms with Crippen LogP contribution in [-0.4, -0.2) is 10.2 Å². The molecule has 0 saturated heterocycles. The van der Waals surface area contributed by atoms with Gasteiger partial charge < -0.3 is 9.73 Å². The molecule has 2 rings (SSSR count). The monoisotopic (exact) mass is 185 g/mol. The van der Waals surface area contributed by atoms with Gasteiger partial charge in [-0.05, 0) is 0 Å². The zero-order valence-electron chi connectivity index (χ0n) is 5.50. The molecule has 0 amide bonds. The first kappa shape index (κ1) is 6.98. The van der Waals surface area contributed by atoms with E-state index in [1.807, 2.05) is 0 Å². The predicted octanol–water partition coefficient (Wildman–Crippen LogP) is -1.13. The number of rotatable bonds is 1. The Kier molecular flexibility index (Phi) is 1.40. The van der Waals surface area contributed by atoms with E-state index in [-0.39, 0.29) is 10.7 Å². The van der Waals surface area contributed by atoms with E-state index in [9.17, 15) is 10.4 Å². The summed E-state index contributed by atoms with van der Waals surface area (Å²) in [5.41, 5.74) is 0.247. The van der Waals surface area contributed by atoms with Crippen LogP contribution >= 0.6 is 11.5 Å². The van der Waals surface area contributed by atoms with E-state index in [0.29, 0.717) is 9.11 Å². The molecular weight excluding hydrogens is 184 g/mol. The summed E-state index contributed by atoms with van der Waals surface area (Å²) in [7, 11) is 0. The van der Waals surface area contributed by atoms with Gasteiger partial charge in [0.2, 0.25) is 0 Å². The summed E-state index contributed by atoms with van der Waals surface area (Å²) in [4.78, 5) is 0.364. The molecule has 1 radical (unpaired) electrons. The Bertz CT molecular complexity index is 358. The van der Waals surface area contributed by atoms with Crippen molar-refractivity contribution in [3.05, 3.63) is 22.9 Å². The third-order valence-corrected chi connectivity index (χ3v) is 1.80. The minimum atomic E-state index is 0.0397. The molecule has 0 saturated carbocycles. The van der Waals surface area contributed by atoms with Crippen LogP contribution in [0.3, 0.4) is 0 Å². The summed E-state index contributed by atoms with van der Waals surface area (Å²) < 4.78 is 4.69. The van der Waals surface area contributed by atoms with Crippen molar-refractivity contribution in [1.82, 2.24) is 10.2 Å². The van der Waals surface area contributed by atoms with Crippen LogP contribution in [0.25, 0.3) is 10.6 Å². The van der Waals surface area contributed by atoms with Gasteiger partial charge in [0, 0.05) is 9.33 Å². The van der Waals surface area contributed by atoms with Crippen molar-refractivity contribution < 1.29 is 13.8 Å². The van der Waals surface area contributed by atoms with Crippen LogP contribution in [0.4, 0.5) is 0 Å². The van der Waals surface area contributed by atoms with Crippen LogP contribution in [-0.2, 0) is 0 Å². The lowest BCUT2D eigenvalue weighted by atomic mass is 10.4. The minimum Gasteiger partial charge on any atom is -0.581 e. The zero-order chi connectivity index (χ0) is 8.55. The fraction of sp³-hybridized carbons (Fsp3) is 0. The second kappa shape index (κ2) is 2.41. The summed E-state index contributed by atoms with van der Waals surface area (Å²) in [6.45, 7) is 0. The molecule has 2 aromatic heterocycles. The molecule has 0 bridgehead atoms. The van der Waals surface area contributed by atoms with Gasteiger partial charge in [-0.1, -0.05) is 0 Å². The first-order valence-corrected chi connectivity index (χ1v) is 3.58. The van der Waals surface area contributed by atoms with Gasteiger partial charge in [-0.15, -0.1) is 0 Å². The lowest BCUT2D eigenvalue weighted by Crippen LogP contribution is -2.26. The summed E-state index contributed by atoms with van der Waals surface area (Å²) in [5, 5.41) is 27.6. The third kappa shape index (κ3) is 1.07.